The van der Waals surface area contributed by atoms with E-state index in [1.54, 1.807) is 73.7 Å². The highest BCUT2D eigenvalue weighted by molar-refractivity contribution is 7.99. The van der Waals surface area contributed by atoms with Crippen LogP contribution in [0.25, 0.3) is 0 Å². The summed E-state index contributed by atoms with van der Waals surface area (Å²) in [6, 6.07) is 21.1. The van der Waals surface area contributed by atoms with Crippen LogP contribution in [0.5, 0.6) is 0 Å². The predicted molar refractivity (Wildman–Crippen MR) is 149 cm³/mol. The Labute approximate surface area is 235 Å². The maximum absolute atomic E-state index is 13.3. The van der Waals surface area contributed by atoms with Gasteiger partial charge in [0, 0.05) is 41.0 Å². The highest BCUT2D eigenvalue weighted by Crippen LogP contribution is 2.29. The van der Waals surface area contributed by atoms with E-state index in [4.69, 9.17) is 14.3 Å². The molecule has 11 heteroatoms. The largest absolute Gasteiger partial charge is 0.460 e. The molecule has 0 spiro atoms. The van der Waals surface area contributed by atoms with E-state index in [0.29, 0.717) is 5.56 Å². The summed E-state index contributed by atoms with van der Waals surface area (Å²) < 4.78 is 10.2. The van der Waals surface area contributed by atoms with E-state index in [1.165, 1.54) is 31.0 Å². The molecule has 40 heavy (non-hydrogen) atoms. The van der Waals surface area contributed by atoms with Crippen LogP contribution in [0.4, 0.5) is 5.69 Å². The molecule has 0 saturated heterocycles. The molecule has 0 bridgehead atoms. The van der Waals surface area contributed by atoms with Gasteiger partial charge in [-0.15, -0.1) is 0 Å². The van der Waals surface area contributed by atoms with Crippen molar-refractivity contribution in [1.82, 2.24) is 0 Å². The summed E-state index contributed by atoms with van der Waals surface area (Å²) in [7, 11) is 1.51. The van der Waals surface area contributed by atoms with E-state index in [0.717, 1.165) is 9.79 Å². The van der Waals surface area contributed by atoms with Crippen LogP contribution >= 0.6 is 11.8 Å². The van der Waals surface area contributed by atoms with Crippen LogP contribution in [0.2, 0.25) is 0 Å². The standard InChI is InChI=1S/C29H28N2O8S/c1-20(19-37-2)38-27(32)10-6-9-26(30-39-29(34)22-7-4-3-5-8-22)28(33)21-11-15-24(16-12-21)40-25-17-13-23(14-18-25)31(35)36/h3-5,7-8,11-18,20H,6,9-10,19H2,1-2H3/b30-26+. The Balaban J connectivity index is 1.69. The monoisotopic (exact) mass is 564 g/mol. The number of nitro benzene ring substituents is 1. The number of nitrogens with zero attached hydrogens (tertiary/aromatic N) is 2. The van der Waals surface area contributed by atoms with E-state index in [-0.39, 0.29) is 42.8 Å². The van der Waals surface area contributed by atoms with E-state index in [1.807, 2.05) is 0 Å². The van der Waals surface area contributed by atoms with Crippen molar-refractivity contribution < 1.29 is 33.6 Å². The van der Waals surface area contributed by atoms with E-state index >= 15 is 0 Å². The summed E-state index contributed by atoms with van der Waals surface area (Å²) in [5.41, 5.74) is 0.584. The molecule has 0 aliphatic carbocycles. The second-order valence-corrected chi connectivity index (χ2v) is 9.75. The van der Waals surface area contributed by atoms with Crippen molar-refractivity contribution in [2.45, 2.75) is 42.1 Å². The lowest BCUT2D eigenvalue weighted by Crippen LogP contribution is -2.20. The molecule has 0 radical (unpaired) electrons. The molecule has 0 aliphatic heterocycles. The van der Waals surface area contributed by atoms with Crippen molar-refractivity contribution in [3.8, 4) is 0 Å². The molecule has 208 valence electrons. The van der Waals surface area contributed by atoms with Gasteiger partial charge in [0.1, 0.15) is 11.8 Å². The van der Waals surface area contributed by atoms with Crippen LogP contribution in [0.15, 0.2) is 93.8 Å². The zero-order chi connectivity index (χ0) is 28.9. The van der Waals surface area contributed by atoms with Crippen molar-refractivity contribution in [3.05, 3.63) is 100 Å². The maximum Gasteiger partial charge on any atom is 0.365 e. The molecule has 3 aromatic rings. The van der Waals surface area contributed by atoms with Crippen molar-refractivity contribution in [2.24, 2.45) is 5.16 Å². The molecule has 0 N–H and O–H groups in total. The Morgan fingerprint density at radius 3 is 2.12 bits per heavy atom. The molecule has 1 atom stereocenters. The number of carbonyl (C=O) groups excluding carboxylic acids is 3. The number of hydrogen-bond acceptors (Lipinski definition) is 10. The number of oxime groups is 1. The highest BCUT2D eigenvalue weighted by Gasteiger charge is 2.18. The minimum Gasteiger partial charge on any atom is -0.460 e. The van der Waals surface area contributed by atoms with Gasteiger partial charge in [0.15, 0.2) is 0 Å². The molecule has 0 amide bonds. The number of carbonyl (C=O) groups is 3. The van der Waals surface area contributed by atoms with Gasteiger partial charge < -0.3 is 14.3 Å². The summed E-state index contributed by atoms with van der Waals surface area (Å²) in [5.74, 6) is -1.60. The zero-order valence-electron chi connectivity index (χ0n) is 22.0. The van der Waals surface area contributed by atoms with Gasteiger partial charge in [-0.3, -0.25) is 19.7 Å². The minimum absolute atomic E-state index is 0.00262. The van der Waals surface area contributed by atoms with Crippen molar-refractivity contribution in [2.75, 3.05) is 13.7 Å². The number of non-ortho nitro benzene ring substituents is 1. The number of benzene rings is 3. The summed E-state index contributed by atoms with van der Waals surface area (Å²) in [6.07, 6.45) is -0.0345. The van der Waals surface area contributed by atoms with Gasteiger partial charge in [-0.1, -0.05) is 35.1 Å². The van der Waals surface area contributed by atoms with Gasteiger partial charge in [0.2, 0.25) is 5.78 Å². The second-order valence-electron chi connectivity index (χ2n) is 8.60. The SMILES string of the molecule is COCC(C)OC(=O)CCC/C(=N\OC(=O)c1ccccc1)C(=O)c1ccc(Sc2ccc([N+](=O)[O-])cc2)cc1. The van der Waals surface area contributed by atoms with Gasteiger partial charge in [-0.05, 0) is 68.3 Å². The number of ether oxygens (including phenoxy) is 2. The average molecular weight is 565 g/mol. The topological polar surface area (TPSA) is 134 Å². The molecule has 0 heterocycles. The number of ketones is 1. The van der Waals surface area contributed by atoms with Crippen LogP contribution in [0, 0.1) is 10.1 Å². The molecule has 0 aliphatic rings. The normalized spacial score (nSPS) is 11.9. The van der Waals surface area contributed by atoms with E-state index in [2.05, 4.69) is 5.16 Å². The van der Waals surface area contributed by atoms with Gasteiger partial charge >= 0.3 is 11.9 Å². The fourth-order valence-corrected chi connectivity index (χ4v) is 4.31. The first-order valence-electron chi connectivity index (χ1n) is 12.4. The van der Waals surface area contributed by atoms with Crippen molar-refractivity contribution in [1.29, 1.82) is 0 Å². The number of hydrogen-bond donors (Lipinski definition) is 0. The van der Waals surface area contributed by atoms with Crippen molar-refractivity contribution in [3.63, 3.8) is 0 Å². The zero-order valence-corrected chi connectivity index (χ0v) is 22.8. The van der Waals surface area contributed by atoms with Crippen molar-refractivity contribution >= 4 is 40.9 Å². The quantitative estimate of drug-likeness (QED) is 0.0586. The molecular weight excluding hydrogens is 536 g/mol. The molecule has 0 fully saturated rings. The molecule has 3 aromatic carbocycles. The van der Waals surface area contributed by atoms with Crippen LogP contribution in [0.1, 0.15) is 46.9 Å². The summed E-state index contributed by atoms with van der Waals surface area (Å²) in [6.45, 7) is 1.98. The Bertz CT molecular complexity index is 1340. The third-order valence-electron chi connectivity index (χ3n) is 5.44. The first-order valence-corrected chi connectivity index (χ1v) is 13.2. The molecule has 0 aromatic heterocycles. The molecule has 0 saturated carbocycles. The number of Topliss-reactive ketones (excluding diaryl/α,β-unsaturated/α-hetero) is 1. The Kier molecular flexibility index (Phi) is 11.5. The number of rotatable bonds is 14. The number of esters is 1. The molecular formula is C29H28N2O8S. The fraction of sp³-hybridized carbons (Fsp3) is 0.241. The molecule has 1 unspecified atom stereocenters. The molecule has 3 rings (SSSR count). The minimum atomic E-state index is -0.714. The third kappa shape index (κ3) is 9.44. The first-order chi connectivity index (χ1) is 19.3. The highest BCUT2D eigenvalue weighted by atomic mass is 32.2. The summed E-state index contributed by atoms with van der Waals surface area (Å²) >= 11 is 1.38. The lowest BCUT2D eigenvalue weighted by Gasteiger charge is -2.12. The van der Waals surface area contributed by atoms with Crippen LogP contribution in [0.3, 0.4) is 0 Å². The molecule has 10 nitrogen and oxygen atoms in total. The maximum atomic E-state index is 13.3. The van der Waals surface area contributed by atoms with Crippen LogP contribution in [-0.2, 0) is 19.1 Å². The summed E-state index contributed by atoms with van der Waals surface area (Å²) in [5, 5.41) is 14.7. The lowest BCUT2D eigenvalue weighted by atomic mass is 10.0. The Hall–Kier alpha value is -4.35. The lowest BCUT2D eigenvalue weighted by molar-refractivity contribution is -0.384. The first kappa shape index (κ1) is 30.2. The number of methoxy groups -OCH3 is 1. The number of nitro groups is 1. The van der Waals surface area contributed by atoms with E-state index in [9.17, 15) is 24.5 Å². The third-order valence-corrected chi connectivity index (χ3v) is 6.45. The summed E-state index contributed by atoms with van der Waals surface area (Å²) in [4.78, 5) is 54.8. The fourth-order valence-electron chi connectivity index (χ4n) is 3.49. The van der Waals surface area contributed by atoms with Gasteiger partial charge in [-0.25, -0.2) is 4.79 Å². The smallest absolute Gasteiger partial charge is 0.365 e. The van der Waals surface area contributed by atoms with Gasteiger partial charge in [0.25, 0.3) is 5.69 Å². The van der Waals surface area contributed by atoms with Gasteiger partial charge in [-0.2, -0.15) is 0 Å². The van der Waals surface area contributed by atoms with E-state index < -0.39 is 28.7 Å². The average Bonchev–Trinajstić information content (AvgIpc) is 2.95. The van der Waals surface area contributed by atoms with Crippen LogP contribution < -0.4 is 0 Å². The predicted octanol–water partition coefficient (Wildman–Crippen LogP) is 5.89. The second kappa shape index (κ2) is 15.3. The van der Waals surface area contributed by atoms with Crippen LogP contribution in [-0.4, -0.2) is 48.2 Å². The Morgan fingerprint density at radius 1 is 0.900 bits per heavy atom. The van der Waals surface area contributed by atoms with Gasteiger partial charge in [0.05, 0.1) is 17.1 Å². The Morgan fingerprint density at radius 2 is 1.52 bits per heavy atom.